The number of nitrogens with zero attached hydrogens (tertiary/aromatic N) is 5. The van der Waals surface area contributed by atoms with Crippen molar-refractivity contribution in [1.29, 1.82) is 0 Å². The molecule has 2 aliphatic rings. The lowest BCUT2D eigenvalue weighted by atomic mass is 10.1. The van der Waals surface area contributed by atoms with E-state index in [1.54, 1.807) is 0 Å². The molecular formula is C25H32N6O. The van der Waals surface area contributed by atoms with Crippen molar-refractivity contribution in [3.63, 3.8) is 0 Å². The van der Waals surface area contributed by atoms with Gasteiger partial charge in [-0.1, -0.05) is 6.07 Å². The molecule has 1 saturated carbocycles. The summed E-state index contributed by atoms with van der Waals surface area (Å²) in [4.78, 5) is 24.2. The van der Waals surface area contributed by atoms with E-state index in [2.05, 4.69) is 40.3 Å². The maximum Gasteiger partial charge on any atom is 0.220 e. The van der Waals surface area contributed by atoms with Crippen LogP contribution >= 0.6 is 0 Å². The minimum atomic E-state index is 0.138. The molecule has 32 heavy (non-hydrogen) atoms. The Balaban J connectivity index is 1.36. The number of pyridine rings is 1. The van der Waals surface area contributed by atoms with Crippen molar-refractivity contribution in [2.75, 3.05) is 6.54 Å². The molecule has 3 aromatic rings. The van der Waals surface area contributed by atoms with Gasteiger partial charge in [-0.25, -0.2) is 9.50 Å². The topological polar surface area (TPSA) is 75.4 Å². The Morgan fingerprint density at radius 1 is 1.16 bits per heavy atom. The number of aromatic nitrogens is 4. The molecule has 1 unspecified atom stereocenters. The molecule has 0 aromatic carbocycles. The van der Waals surface area contributed by atoms with E-state index < -0.39 is 0 Å². The number of carbonyl (C=O) groups excluding carboxylic acids is 1. The second kappa shape index (κ2) is 8.62. The van der Waals surface area contributed by atoms with Crippen molar-refractivity contribution in [2.45, 2.75) is 77.9 Å². The van der Waals surface area contributed by atoms with Gasteiger partial charge in [0.25, 0.3) is 0 Å². The van der Waals surface area contributed by atoms with E-state index >= 15 is 0 Å². The Kier molecular flexibility index (Phi) is 5.67. The Bertz CT molecular complexity index is 1150. The molecule has 2 fully saturated rings. The fraction of sp³-hybridized carbons (Fsp3) is 0.520. The predicted molar refractivity (Wildman–Crippen MR) is 123 cm³/mol. The van der Waals surface area contributed by atoms with Crippen LogP contribution in [0.4, 0.5) is 0 Å². The molecule has 1 saturated heterocycles. The van der Waals surface area contributed by atoms with Crippen molar-refractivity contribution in [3.8, 4) is 0 Å². The molecular weight excluding hydrogens is 400 g/mol. The summed E-state index contributed by atoms with van der Waals surface area (Å²) in [6, 6.07) is 9.05. The number of nitrogens with one attached hydrogen (secondary N) is 1. The highest BCUT2D eigenvalue weighted by Crippen LogP contribution is 2.33. The second-order valence-electron chi connectivity index (χ2n) is 9.34. The summed E-state index contributed by atoms with van der Waals surface area (Å²) >= 11 is 0. The third-order valence-electron chi connectivity index (χ3n) is 6.74. The number of amides is 1. The molecule has 5 rings (SSSR count). The summed E-state index contributed by atoms with van der Waals surface area (Å²) in [5, 5.41) is 8.06. The minimum absolute atomic E-state index is 0.138. The van der Waals surface area contributed by atoms with E-state index in [4.69, 9.17) is 10.1 Å². The van der Waals surface area contributed by atoms with E-state index in [-0.39, 0.29) is 11.9 Å². The molecule has 1 amide bonds. The summed E-state index contributed by atoms with van der Waals surface area (Å²) in [5.41, 5.74) is 7.34. The van der Waals surface area contributed by atoms with Gasteiger partial charge in [-0.3, -0.25) is 14.7 Å². The number of aryl methyl sites for hydroxylation is 3. The molecule has 1 aliphatic heterocycles. The van der Waals surface area contributed by atoms with E-state index in [0.29, 0.717) is 18.9 Å². The maximum absolute atomic E-state index is 12.2. The zero-order valence-electron chi connectivity index (χ0n) is 19.3. The van der Waals surface area contributed by atoms with Crippen LogP contribution in [0.1, 0.15) is 72.2 Å². The lowest BCUT2D eigenvalue weighted by Gasteiger charge is -2.22. The van der Waals surface area contributed by atoms with Gasteiger partial charge in [-0.2, -0.15) is 5.10 Å². The molecule has 7 heteroatoms. The summed E-state index contributed by atoms with van der Waals surface area (Å²) in [6.07, 6.45) is 5.69. The fourth-order valence-corrected chi connectivity index (χ4v) is 4.88. The first-order valence-corrected chi connectivity index (χ1v) is 11.8. The van der Waals surface area contributed by atoms with Crippen LogP contribution in [0, 0.1) is 20.8 Å². The first kappa shape index (κ1) is 21.1. The molecule has 3 aromatic heterocycles. The lowest BCUT2D eigenvalue weighted by Crippen LogP contribution is -2.25. The monoisotopic (exact) mass is 432 g/mol. The molecule has 0 spiro atoms. The van der Waals surface area contributed by atoms with Gasteiger partial charge < -0.3 is 5.32 Å². The quantitative estimate of drug-likeness (QED) is 0.617. The smallest absolute Gasteiger partial charge is 0.220 e. The van der Waals surface area contributed by atoms with Crippen molar-refractivity contribution < 1.29 is 4.79 Å². The van der Waals surface area contributed by atoms with Gasteiger partial charge in [0.2, 0.25) is 5.91 Å². The molecule has 4 heterocycles. The number of rotatable bonds is 7. The first-order chi connectivity index (χ1) is 15.5. The van der Waals surface area contributed by atoms with Gasteiger partial charge >= 0.3 is 0 Å². The molecule has 1 N–H and O–H groups in total. The van der Waals surface area contributed by atoms with Crippen LogP contribution in [0.3, 0.4) is 0 Å². The maximum atomic E-state index is 12.2. The number of fused-ring (bicyclic) bond motifs is 1. The van der Waals surface area contributed by atoms with E-state index in [1.165, 1.54) is 0 Å². The SMILES string of the molecule is Cc1cccc(CN2CCCC2c2cc3nc(C)c(CCC(=O)NC4CC4)c(C)n3n2)n1. The Morgan fingerprint density at radius 3 is 2.78 bits per heavy atom. The summed E-state index contributed by atoms with van der Waals surface area (Å²) < 4.78 is 1.97. The average Bonchev–Trinajstić information content (AvgIpc) is 3.27. The van der Waals surface area contributed by atoms with E-state index in [9.17, 15) is 4.79 Å². The summed E-state index contributed by atoms with van der Waals surface area (Å²) in [5.74, 6) is 0.138. The number of hydrogen-bond donors (Lipinski definition) is 1. The third kappa shape index (κ3) is 4.39. The largest absolute Gasteiger partial charge is 0.353 e. The van der Waals surface area contributed by atoms with E-state index in [1.807, 2.05) is 24.4 Å². The summed E-state index contributed by atoms with van der Waals surface area (Å²) in [7, 11) is 0. The van der Waals surface area contributed by atoms with Gasteiger partial charge in [-0.15, -0.1) is 0 Å². The minimum Gasteiger partial charge on any atom is -0.353 e. The molecule has 0 bridgehead atoms. The third-order valence-corrected chi connectivity index (χ3v) is 6.74. The average molecular weight is 433 g/mol. The van der Waals surface area contributed by atoms with Gasteiger partial charge in [0.15, 0.2) is 5.65 Å². The predicted octanol–water partition coefficient (Wildman–Crippen LogP) is 3.60. The van der Waals surface area contributed by atoms with Gasteiger partial charge in [-0.05, 0) is 77.1 Å². The number of likely N-dealkylation sites (tertiary alicyclic amines) is 1. The first-order valence-electron chi connectivity index (χ1n) is 11.8. The van der Waals surface area contributed by atoms with Crippen LogP contribution in [0.5, 0.6) is 0 Å². The standard InChI is InChI=1S/C25H32N6O/c1-16-6-4-7-20(26-16)15-30-13-5-8-23(30)22-14-24-27-17(2)21(18(3)31(24)29-22)11-12-25(32)28-19-9-10-19/h4,6-7,14,19,23H,5,8-13,15H2,1-3H3,(H,28,32). The van der Waals surface area contributed by atoms with Gasteiger partial charge in [0.1, 0.15) is 0 Å². The van der Waals surface area contributed by atoms with Crippen LogP contribution in [0.2, 0.25) is 0 Å². The molecule has 7 nitrogen and oxygen atoms in total. The number of carbonyl (C=O) groups is 1. The van der Waals surface area contributed by atoms with Crippen molar-refractivity contribution in [3.05, 3.63) is 58.3 Å². The Morgan fingerprint density at radius 2 is 2.00 bits per heavy atom. The highest BCUT2D eigenvalue weighted by molar-refractivity contribution is 5.76. The molecule has 0 radical (unpaired) electrons. The van der Waals surface area contributed by atoms with Crippen molar-refractivity contribution in [2.24, 2.45) is 0 Å². The zero-order chi connectivity index (χ0) is 22.2. The highest BCUT2D eigenvalue weighted by atomic mass is 16.1. The second-order valence-corrected chi connectivity index (χ2v) is 9.34. The normalized spacial score (nSPS) is 19.0. The van der Waals surface area contributed by atoms with Crippen LogP contribution in [-0.4, -0.2) is 43.0 Å². The van der Waals surface area contributed by atoms with E-state index in [0.717, 1.165) is 78.5 Å². The Hall–Kier alpha value is -2.80. The molecule has 1 aliphatic carbocycles. The van der Waals surface area contributed by atoms with Gasteiger partial charge in [0, 0.05) is 42.2 Å². The van der Waals surface area contributed by atoms with Crippen LogP contribution in [-0.2, 0) is 17.8 Å². The highest BCUT2D eigenvalue weighted by Gasteiger charge is 2.29. The molecule has 1 atom stereocenters. The summed E-state index contributed by atoms with van der Waals surface area (Å²) in [6.45, 7) is 8.07. The van der Waals surface area contributed by atoms with Crippen molar-refractivity contribution in [1.82, 2.24) is 29.8 Å². The molecule has 168 valence electrons. The van der Waals surface area contributed by atoms with Crippen LogP contribution in [0.15, 0.2) is 24.3 Å². The van der Waals surface area contributed by atoms with Crippen LogP contribution < -0.4 is 5.32 Å². The van der Waals surface area contributed by atoms with Crippen molar-refractivity contribution >= 4 is 11.6 Å². The fourth-order valence-electron chi connectivity index (χ4n) is 4.88. The number of hydrogen-bond acceptors (Lipinski definition) is 5. The Labute approximate surface area is 189 Å². The van der Waals surface area contributed by atoms with Crippen LogP contribution in [0.25, 0.3) is 5.65 Å². The lowest BCUT2D eigenvalue weighted by molar-refractivity contribution is -0.121. The zero-order valence-corrected chi connectivity index (χ0v) is 19.3. The van der Waals surface area contributed by atoms with Gasteiger partial charge in [0.05, 0.1) is 17.4 Å².